The predicted molar refractivity (Wildman–Crippen MR) is 225 cm³/mol. The molecule has 1 atom stereocenters. The second kappa shape index (κ2) is 40.4. The van der Waals surface area contributed by atoms with Gasteiger partial charge in [0.15, 0.2) is 6.10 Å². The van der Waals surface area contributed by atoms with Gasteiger partial charge in [0.2, 0.25) is 0 Å². The predicted octanol–water partition coefficient (Wildman–Crippen LogP) is 13.3. The van der Waals surface area contributed by atoms with Crippen LogP contribution in [0.1, 0.15) is 194 Å². The van der Waals surface area contributed by atoms with E-state index in [4.69, 9.17) is 19.3 Å². The molecule has 0 aromatic rings. The molecule has 0 aromatic heterocycles. The maximum atomic E-state index is 12.4. The zero-order chi connectivity index (χ0) is 39.6. The standard InChI is InChI=1S/C45H79O8P/c1-3-5-7-9-11-13-15-17-19-21-22-24-25-27-29-31-33-35-37-39-44(46)51-41-43(42-52-54(48,49)50)53-45(47)40-38-36-34-32-30-28-26-23-20-18-16-14-12-10-8-6-4-2/h6,8,12,14,17-20,26,28,43H,3-5,7,9-11,13,15-16,21-25,27,29-42H2,1-2H3,(H2,48,49,50)/b8-6-,14-12-,19-17-,20-18-,28-26-/t43-/m1/s1. The van der Waals surface area contributed by atoms with Crippen molar-refractivity contribution in [2.45, 2.75) is 200 Å². The van der Waals surface area contributed by atoms with E-state index in [9.17, 15) is 14.2 Å². The Morgan fingerprint density at radius 1 is 0.500 bits per heavy atom. The molecular weight excluding hydrogens is 699 g/mol. The maximum absolute atomic E-state index is 12.4. The molecule has 8 nitrogen and oxygen atoms in total. The van der Waals surface area contributed by atoms with Gasteiger partial charge in [-0.2, -0.15) is 0 Å². The molecule has 312 valence electrons. The highest BCUT2D eigenvalue weighted by Crippen LogP contribution is 2.36. The molecular formula is C45H79O8P. The summed E-state index contributed by atoms with van der Waals surface area (Å²) >= 11 is 0. The molecule has 0 aliphatic carbocycles. The number of phosphoric ester groups is 1. The molecule has 0 aromatic carbocycles. The summed E-state index contributed by atoms with van der Waals surface area (Å²) in [6.45, 7) is 3.55. The van der Waals surface area contributed by atoms with Crippen molar-refractivity contribution in [1.29, 1.82) is 0 Å². The van der Waals surface area contributed by atoms with Gasteiger partial charge in [-0.25, -0.2) is 4.57 Å². The van der Waals surface area contributed by atoms with Gasteiger partial charge in [0, 0.05) is 12.8 Å². The Kier molecular flexibility index (Phi) is 38.7. The molecule has 54 heavy (non-hydrogen) atoms. The number of hydrogen-bond acceptors (Lipinski definition) is 6. The van der Waals surface area contributed by atoms with E-state index in [0.29, 0.717) is 6.42 Å². The van der Waals surface area contributed by atoms with Crippen LogP contribution in [0.4, 0.5) is 0 Å². The first-order chi connectivity index (χ1) is 26.3. The molecule has 0 radical (unpaired) electrons. The second-order valence-electron chi connectivity index (χ2n) is 14.3. The number of ether oxygens (including phenoxy) is 2. The molecule has 0 unspecified atom stereocenters. The third-order valence-corrected chi connectivity index (χ3v) is 9.51. The lowest BCUT2D eigenvalue weighted by Crippen LogP contribution is -2.29. The zero-order valence-electron chi connectivity index (χ0n) is 34.4. The number of phosphoric acid groups is 1. The summed E-state index contributed by atoms with van der Waals surface area (Å²) in [5, 5.41) is 0. The normalized spacial score (nSPS) is 13.0. The van der Waals surface area contributed by atoms with Crippen molar-refractivity contribution in [3.8, 4) is 0 Å². The van der Waals surface area contributed by atoms with Crippen LogP contribution in [0.2, 0.25) is 0 Å². The van der Waals surface area contributed by atoms with Crippen molar-refractivity contribution in [3.63, 3.8) is 0 Å². The van der Waals surface area contributed by atoms with E-state index in [1.165, 1.54) is 83.5 Å². The van der Waals surface area contributed by atoms with Gasteiger partial charge in [-0.05, 0) is 77.0 Å². The fourth-order valence-corrected chi connectivity index (χ4v) is 6.19. The first kappa shape index (κ1) is 51.8. The van der Waals surface area contributed by atoms with Crippen LogP contribution in [0.5, 0.6) is 0 Å². The molecule has 0 bridgehead atoms. The number of esters is 2. The van der Waals surface area contributed by atoms with E-state index in [1.807, 2.05) is 0 Å². The first-order valence-electron chi connectivity index (χ1n) is 21.6. The van der Waals surface area contributed by atoms with Gasteiger partial charge in [0.05, 0.1) is 6.61 Å². The summed E-state index contributed by atoms with van der Waals surface area (Å²) in [5.74, 6) is -0.915. The van der Waals surface area contributed by atoms with Crippen LogP contribution in [-0.4, -0.2) is 41.0 Å². The van der Waals surface area contributed by atoms with E-state index >= 15 is 0 Å². The molecule has 0 saturated heterocycles. The van der Waals surface area contributed by atoms with E-state index in [0.717, 1.165) is 77.0 Å². The van der Waals surface area contributed by atoms with Crippen molar-refractivity contribution in [3.05, 3.63) is 60.8 Å². The van der Waals surface area contributed by atoms with Crippen molar-refractivity contribution >= 4 is 19.8 Å². The Morgan fingerprint density at radius 2 is 0.889 bits per heavy atom. The average molecular weight is 779 g/mol. The third-order valence-electron chi connectivity index (χ3n) is 9.02. The van der Waals surface area contributed by atoms with Gasteiger partial charge in [0.1, 0.15) is 6.61 Å². The molecule has 0 saturated carbocycles. The molecule has 2 N–H and O–H groups in total. The van der Waals surface area contributed by atoms with Crippen LogP contribution in [0.15, 0.2) is 60.8 Å². The topological polar surface area (TPSA) is 119 Å². The van der Waals surface area contributed by atoms with Gasteiger partial charge >= 0.3 is 19.8 Å². The van der Waals surface area contributed by atoms with E-state index in [1.54, 1.807) is 0 Å². The summed E-state index contributed by atoms with van der Waals surface area (Å²) in [5.41, 5.74) is 0. The minimum absolute atomic E-state index is 0.182. The second-order valence-corrected chi connectivity index (χ2v) is 15.5. The third kappa shape index (κ3) is 42.5. The summed E-state index contributed by atoms with van der Waals surface area (Å²) < 4.78 is 26.4. The van der Waals surface area contributed by atoms with Crippen LogP contribution in [0.25, 0.3) is 0 Å². The van der Waals surface area contributed by atoms with Crippen molar-refractivity contribution in [2.75, 3.05) is 13.2 Å². The molecule has 0 aliphatic rings. The van der Waals surface area contributed by atoms with Crippen LogP contribution in [-0.2, 0) is 28.2 Å². The highest BCUT2D eigenvalue weighted by Gasteiger charge is 2.22. The van der Waals surface area contributed by atoms with Gasteiger partial charge in [0.25, 0.3) is 0 Å². The SMILES string of the molecule is CC/C=C\C/C=C\C/C=C\C/C=C\CCCCCCC(=O)O[C@H](COC(=O)CCCCCCCCCCC/C=C\CCCCCCCC)COP(=O)(O)O. The Hall–Kier alpha value is -2.25. The quantitative estimate of drug-likeness (QED) is 0.0274. The van der Waals surface area contributed by atoms with Gasteiger partial charge < -0.3 is 19.3 Å². The monoisotopic (exact) mass is 779 g/mol. The molecule has 0 rings (SSSR count). The van der Waals surface area contributed by atoms with Gasteiger partial charge in [-0.3, -0.25) is 14.1 Å². The zero-order valence-corrected chi connectivity index (χ0v) is 35.2. The van der Waals surface area contributed by atoms with Gasteiger partial charge in [-0.1, -0.05) is 164 Å². The lowest BCUT2D eigenvalue weighted by molar-refractivity contribution is -0.161. The molecule has 9 heteroatoms. The van der Waals surface area contributed by atoms with Crippen LogP contribution < -0.4 is 0 Å². The minimum atomic E-state index is -4.76. The molecule has 0 amide bonds. The Morgan fingerprint density at radius 3 is 1.35 bits per heavy atom. The molecule has 0 heterocycles. The summed E-state index contributed by atoms with van der Waals surface area (Å²) in [6, 6.07) is 0. The lowest BCUT2D eigenvalue weighted by Gasteiger charge is -2.18. The first-order valence-corrected chi connectivity index (χ1v) is 23.1. The smallest absolute Gasteiger partial charge is 0.462 e. The minimum Gasteiger partial charge on any atom is -0.462 e. The number of hydrogen-bond donors (Lipinski definition) is 2. The van der Waals surface area contributed by atoms with E-state index in [2.05, 4.69) is 79.1 Å². The highest BCUT2D eigenvalue weighted by atomic mass is 31.2. The summed E-state index contributed by atoms with van der Waals surface area (Å²) in [6.07, 6.45) is 50.8. The van der Waals surface area contributed by atoms with E-state index in [-0.39, 0.29) is 19.4 Å². The van der Waals surface area contributed by atoms with Crippen molar-refractivity contribution < 1.29 is 37.9 Å². The molecule has 0 spiro atoms. The maximum Gasteiger partial charge on any atom is 0.469 e. The largest absolute Gasteiger partial charge is 0.469 e. The molecule has 0 aliphatic heterocycles. The van der Waals surface area contributed by atoms with Crippen molar-refractivity contribution in [2.24, 2.45) is 0 Å². The summed E-state index contributed by atoms with van der Waals surface area (Å²) in [4.78, 5) is 42.9. The van der Waals surface area contributed by atoms with E-state index < -0.39 is 32.5 Å². The Bertz CT molecular complexity index is 1060. The highest BCUT2D eigenvalue weighted by molar-refractivity contribution is 7.46. The number of unbranched alkanes of at least 4 members (excludes halogenated alkanes) is 19. The van der Waals surface area contributed by atoms with Crippen molar-refractivity contribution in [1.82, 2.24) is 0 Å². The van der Waals surface area contributed by atoms with Gasteiger partial charge in [-0.15, -0.1) is 0 Å². The average Bonchev–Trinajstić information content (AvgIpc) is 3.14. The number of carbonyl (C=O) groups is 2. The number of allylic oxidation sites excluding steroid dienone is 10. The Balaban J connectivity index is 3.95. The Labute approximate surface area is 330 Å². The van der Waals surface area contributed by atoms with Crippen LogP contribution >= 0.6 is 7.82 Å². The lowest BCUT2D eigenvalue weighted by atomic mass is 10.1. The fraction of sp³-hybridized carbons (Fsp3) is 0.733. The fourth-order valence-electron chi connectivity index (χ4n) is 5.83. The summed E-state index contributed by atoms with van der Waals surface area (Å²) in [7, 11) is -4.76. The number of rotatable bonds is 39. The number of carbonyl (C=O) groups excluding carboxylic acids is 2. The van der Waals surface area contributed by atoms with Crippen LogP contribution in [0, 0.1) is 0 Å². The van der Waals surface area contributed by atoms with Crippen LogP contribution in [0.3, 0.4) is 0 Å². The molecule has 0 fully saturated rings.